The second kappa shape index (κ2) is 6.44. The van der Waals surface area contributed by atoms with Crippen molar-refractivity contribution in [2.75, 3.05) is 0 Å². The molecule has 0 heterocycles. The third-order valence-corrected chi connectivity index (χ3v) is 4.76. The second-order valence-corrected chi connectivity index (χ2v) is 6.13. The first kappa shape index (κ1) is 12.2. The van der Waals surface area contributed by atoms with E-state index < -0.39 is 0 Å². The number of halogens is 1. The number of rotatable bonds is 3. The molecule has 1 saturated carbocycles. The largest absolute Gasteiger partial charge is 0.0884 e. The third kappa shape index (κ3) is 3.62. The minimum Gasteiger partial charge on any atom is -0.0884 e. The maximum atomic E-state index is 3.91. The topological polar surface area (TPSA) is 0 Å². The first-order chi connectivity index (χ1) is 7.86. The van der Waals surface area contributed by atoms with Crippen molar-refractivity contribution in [1.29, 1.82) is 0 Å². The smallest absolute Gasteiger partial charge is 0.0214 e. The van der Waals surface area contributed by atoms with Gasteiger partial charge in [-0.1, -0.05) is 71.9 Å². The molecule has 1 aromatic rings. The van der Waals surface area contributed by atoms with Crippen LogP contribution in [0, 0.1) is 5.92 Å². The van der Waals surface area contributed by atoms with E-state index in [-0.39, 0.29) is 0 Å². The van der Waals surface area contributed by atoms with Gasteiger partial charge in [-0.05, 0) is 30.7 Å². The van der Waals surface area contributed by atoms with Crippen LogP contribution in [0.2, 0.25) is 0 Å². The van der Waals surface area contributed by atoms with Crippen LogP contribution in [-0.4, -0.2) is 4.83 Å². The molecule has 1 aromatic carbocycles. The van der Waals surface area contributed by atoms with Gasteiger partial charge in [0.15, 0.2) is 0 Å². The Hall–Kier alpha value is -0.300. The van der Waals surface area contributed by atoms with Crippen molar-refractivity contribution < 1.29 is 0 Å². The molecule has 1 unspecified atom stereocenters. The highest BCUT2D eigenvalue weighted by Gasteiger charge is 2.20. The van der Waals surface area contributed by atoms with Gasteiger partial charge < -0.3 is 0 Å². The van der Waals surface area contributed by atoms with Gasteiger partial charge in [0.05, 0.1) is 0 Å². The van der Waals surface area contributed by atoms with Crippen LogP contribution in [0.3, 0.4) is 0 Å². The van der Waals surface area contributed by atoms with Crippen LogP contribution < -0.4 is 0 Å². The Morgan fingerprint density at radius 3 is 2.25 bits per heavy atom. The van der Waals surface area contributed by atoms with E-state index in [9.17, 15) is 0 Å². The van der Waals surface area contributed by atoms with Crippen LogP contribution in [0.4, 0.5) is 0 Å². The molecule has 1 fully saturated rings. The first-order valence-corrected chi connectivity index (χ1v) is 7.46. The zero-order chi connectivity index (χ0) is 11.2. The summed E-state index contributed by atoms with van der Waals surface area (Å²) in [6.07, 6.45) is 9.78. The lowest BCUT2D eigenvalue weighted by Crippen LogP contribution is -2.16. The Kier molecular flexibility index (Phi) is 4.90. The van der Waals surface area contributed by atoms with Gasteiger partial charge in [0.2, 0.25) is 0 Å². The zero-order valence-corrected chi connectivity index (χ0v) is 11.5. The van der Waals surface area contributed by atoms with Crippen LogP contribution in [0.1, 0.15) is 44.1 Å². The summed E-state index contributed by atoms with van der Waals surface area (Å²) in [4.78, 5) is 0.674. The summed E-state index contributed by atoms with van der Waals surface area (Å²) < 4.78 is 0. The predicted octanol–water partition coefficient (Wildman–Crippen LogP) is 4.96. The highest BCUT2D eigenvalue weighted by Crippen LogP contribution is 2.30. The maximum Gasteiger partial charge on any atom is 0.0214 e. The molecule has 2 rings (SSSR count). The molecule has 0 nitrogen and oxygen atoms in total. The Bertz CT molecular complexity index is 286. The molecule has 0 spiro atoms. The normalized spacial score (nSPS) is 20.3. The average Bonchev–Trinajstić information content (AvgIpc) is 2.59. The summed E-state index contributed by atoms with van der Waals surface area (Å²) >= 11 is 3.91. The molecular weight excluding hydrogens is 260 g/mol. The van der Waals surface area contributed by atoms with Crippen LogP contribution in [0.5, 0.6) is 0 Å². The van der Waals surface area contributed by atoms with Gasteiger partial charge in [-0.3, -0.25) is 0 Å². The fraction of sp³-hybridized carbons (Fsp3) is 0.600. The number of hydrogen-bond acceptors (Lipinski definition) is 0. The Morgan fingerprint density at radius 2 is 1.62 bits per heavy atom. The van der Waals surface area contributed by atoms with E-state index in [2.05, 4.69) is 46.3 Å². The maximum absolute atomic E-state index is 3.91. The van der Waals surface area contributed by atoms with E-state index >= 15 is 0 Å². The lowest BCUT2D eigenvalue weighted by atomic mass is 9.93. The van der Waals surface area contributed by atoms with E-state index in [1.807, 2.05) is 0 Å². The van der Waals surface area contributed by atoms with Crippen molar-refractivity contribution in [1.82, 2.24) is 0 Å². The molecule has 0 bridgehead atoms. The minimum atomic E-state index is 0.674. The molecule has 0 amide bonds. The monoisotopic (exact) mass is 280 g/mol. The van der Waals surface area contributed by atoms with Gasteiger partial charge in [0.25, 0.3) is 0 Å². The van der Waals surface area contributed by atoms with Crippen molar-refractivity contribution >= 4 is 15.9 Å². The molecule has 88 valence electrons. The van der Waals surface area contributed by atoms with Crippen LogP contribution >= 0.6 is 15.9 Å². The average molecular weight is 281 g/mol. The van der Waals surface area contributed by atoms with Crippen molar-refractivity contribution in [3.05, 3.63) is 35.9 Å². The Balaban J connectivity index is 1.89. The molecule has 1 aliphatic rings. The summed E-state index contributed by atoms with van der Waals surface area (Å²) in [6, 6.07) is 10.9. The van der Waals surface area contributed by atoms with Crippen molar-refractivity contribution in [2.24, 2.45) is 5.92 Å². The minimum absolute atomic E-state index is 0.674. The fourth-order valence-electron chi connectivity index (χ4n) is 2.68. The van der Waals surface area contributed by atoms with Gasteiger partial charge in [0.1, 0.15) is 0 Å². The quantitative estimate of drug-likeness (QED) is 0.542. The molecule has 0 aliphatic heterocycles. The molecule has 0 aromatic heterocycles. The van der Waals surface area contributed by atoms with Gasteiger partial charge in [0, 0.05) is 4.83 Å². The summed E-state index contributed by atoms with van der Waals surface area (Å²) in [6.45, 7) is 0. The second-order valence-electron chi connectivity index (χ2n) is 4.96. The first-order valence-electron chi connectivity index (χ1n) is 6.54. The standard InChI is InChI=1S/C15H21Br/c16-15(12-13-8-4-3-5-9-13)14-10-6-1-2-7-11-14/h3-5,8-9,14-15H,1-2,6-7,10-12H2. The summed E-state index contributed by atoms with van der Waals surface area (Å²) in [5, 5.41) is 0. The summed E-state index contributed by atoms with van der Waals surface area (Å²) in [5.41, 5.74) is 1.47. The summed E-state index contributed by atoms with van der Waals surface area (Å²) in [7, 11) is 0. The van der Waals surface area contributed by atoms with Gasteiger partial charge >= 0.3 is 0 Å². The van der Waals surface area contributed by atoms with Crippen LogP contribution in [0.25, 0.3) is 0 Å². The van der Waals surface area contributed by atoms with Crippen LogP contribution in [-0.2, 0) is 6.42 Å². The molecule has 1 aliphatic carbocycles. The molecule has 1 atom stereocenters. The highest BCUT2D eigenvalue weighted by molar-refractivity contribution is 9.09. The van der Waals surface area contributed by atoms with E-state index in [1.165, 1.54) is 50.5 Å². The van der Waals surface area contributed by atoms with Crippen molar-refractivity contribution in [2.45, 2.75) is 49.8 Å². The molecule has 1 heteroatoms. The number of alkyl halides is 1. The van der Waals surface area contributed by atoms with Crippen LogP contribution in [0.15, 0.2) is 30.3 Å². The molecule has 0 radical (unpaired) electrons. The summed E-state index contributed by atoms with van der Waals surface area (Å²) in [5.74, 6) is 0.891. The molecule has 0 saturated heterocycles. The lowest BCUT2D eigenvalue weighted by Gasteiger charge is -2.20. The van der Waals surface area contributed by atoms with Gasteiger partial charge in [-0.25, -0.2) is 0 Å². The zero-order valence-electron chi connectivity index (χ0n) is 9.87. The van der Waals surface area contributed by atoms with E-state index in [1.54, 1.807) is 0 Å². The predicted molar refractivity (Wildman–Crippen MR) is 74.1 cm³/mol. The Morgan fingerprint density at radius 1 is 1.00 bits per heavy atom. The van der Waals surface area contributed by atoms with Crippen molar-refractivity contribution in [3.63, 3.8) is 0 Å². The fourth-order valence-corrected chi connectivity index (χ4v) is 3.58. The number of hydrogen-bond donors (Lipinski definition) is 0. The SMILES string of the molecule is BrC(Cc1ccccc1)C1CCCCCC1. The third-order valence-electron chi connectivity index (χ3n) is 3.68. The molecule has 0 N–H and O–H groups in total. The van der Waals surface area contributed by atoms with E-state index in [0.29, 0.717) is 4.83 Å². The van der Waals surface area contributed by atoms with E-state index in [0.717, 1.165) is 5.92 Å². The molecule has 16 heavy (non-hydrogen) atoms. The van der Waals surface area contributed by atoms with Crippen molar-refractivity contribution in [3.8, 4) is 0 Å². The molecular formula is C15H21Br. The lowest BCUT2D eigenvalue weighted by molar-refractivity contribution is 0.445. The highest BCUT2D eigenvalue weighted by atomic mass is 79.9. The van der Waals surface area contributed by atoms with Gasteiger partial charge in [-0.2, -0.15) is 0 Å². The van der Waals surface area contributed by atoms with E-state index in [4.69, 9.17) is 0 Å². The number of benzene rings is 1. The Labute approximate surface area is 108 Å². The van der Waals surface area contributed by atoms with Gasteiger partial charge in [-0.15, -0.1) is 0 Å².